The average Bonchev–Trinajstić information content (AvgIpc) is 2.86. The quantitative estimate of drug-likeness (QED) is 0.511. The fourth-order valence-electron chi connectivity index (χ4n) is 1.72. The third-order valence-electron chi connectivity index (χ3n) is 2.33. The molecule has 1 unspecified atom stereocenters. The molecule has 0 aliphatic heterocycles. The zero-order chi connectivity index (χ0) is 15.8. The molecule has 0 spiro atoms. The Morgan fingerprint density at radius 3 is 2.32 bits per heavy atom. The van der Waals surface area contributed by atoms with Gasteiger partial charge in [-0.3, -0.25) is 0 Å². The van der Waals surface area contributed by atoms with Crippen LogP contribution in [0, 0.1) is 26.8 Å². The Morgan fingerprint density at radius 2 is 1.86 bits per heavy atom. The Morgan fingerprint density at radius 1 is 1.27 bits per heavy atom. The molecule has 1 N–H and O–H groups in total. The summed E-state index contributed by atoms with van der Waals surface area (Å²) in [4.78, 5) is 10.3. The van der Waals surface area contributed by atoms with Crippen LogP contribution in [0.1, 0.15) is 22.3 Å². The Kier molecular flexibility index (Phi) is 10.6. The van der Waals surface area contributed by atoms with Gasteiger partial charge in [-0.05, 0) is 0 Å². The van der Waals surface area contributed by atoms with Crippen molar-refractivity contribution < 1.29 is 34.4 Å². The van der Waals surface area contributed by atoms with Gasteiger partial charge >= 0.3 is 21.1 Å². The van der Waals surface area contributed by atoms with Crippen molar-refractivity contribution in [2.75, 3.05) is 7.05 Å². The maximum Gasteiger partial charge on any atom is 2.00 e. The molecule has 2 rings (SSSR count). The van der Waals surface area contributed by atoms with Gasteiger partial charge in [0.1, 0.15) is 0 Å². The van der Waals surface area contributed by atoms with Crippen LogP contribution in [0.3, 0.4) is 0 Å². The second-order valence-electron chi connectivity index (χ2n) is 4.27. The summed E-state index contributed by atoms with van der Waals surface area (Å²) >= 11 is -0.424. The Balaban J connectivity index is 0.000000397. The number of rotatable bonds is 4. The molecule has 4 nitrogen and oxygen atoms in total. The molecule has 2 aromatic rings. The topological polar surface area (TPSA) is 55.4 Å². The van der Waals surface area contributed by atoms with Crippen LogP contribution < -0.4 is 5.48 Å². The van der Waals surface area contributed by atoms with Crippen molar-refractivity contribution in [3.63, 3.8) is 0 Å². The number of benzene rings is 1. The van der Waals surface area contributed by atoms with E-state index in [0.29, 0.717) is 4.21 Å². The molecule has 0 bridgehead atoms. The van der Waals surface area contributed by atoms with Gasteiger partial charge in [0.25, 0.3) is 0 Å². The second kappa shape index (κ2) is 11.0. The predicted octanol–water partition coefficient (Wildman–Crippen LogP) is 2.79. The second-order valence-corrected chi connectivity index (χ2v) is 6.49. The van der Waals surface area contributed by atoms with Crippen LogP contribution in [0.25, 0.3) is 0 Å². The van der Waals surface area contributed by atoms with Crippen molar-refractivity contribution in [1.29, 1.82) is 0 Å². The molecule has 7 heteroatoms. The van der Waals surface area contributed by atoms with Gasteiger partial charge < -0.3 is 4.79 Å². The van der Waals surface area contributed by atoms with Crippen LogP contribution in [-0.4, -0.2) is 17.5 Å². The summed E-state index contributed by atoms with van der Waals surface area (Å²) in [5, 5.41) is 1.66. The van der Waals surface area contributed by atoms with Crippen LogP contribution >= 0.6 is 11.3 Å². The molecule has 0 saturated carbocycles. The molecule has 1 heterocycles. The summed E-state index contributed by atoms with van der Waals surface area (Å²) in [5.74, 6) is 0. The van der Waals surface area contributed by atoms with E-state index < -0.39 is 11.1 Å². The predicted molar refractivity (Wildman–Crippen MR) is 85.2 cm³/mol. The van der Waals surface area contributed by atoms with Gasteiger partial charge in [0.15, 0.2) is 11.1 Å². The fourth-order valence-corrected chi connectivity index (χ4v) is 3.39. The molecule has 0 amide bonds. The molecule has 1 atom stereocenters. The average molecular weight is 507 g/mol. The summed E-state index contributed by atoms with van der Waals surface area (Å²) in [5.41, 5.74) is 6.35. The first kappa shape index (κ1) is 21.3. The number of hydroxylamine groups is 1. The van der Waals surface area contributed by atoms with E-state index in [1.807, 2.05) is 0 Å². The van der Waals surface area contributed by atoms with E-state index in [-0.39, 0.29) is 26.6 Å². The van der Waals surface area contributed by atoms with E-state index in [2.05, 4.69) is 48.7 Å². The first-order chi connectivity index (χ1) is 9.97. The van der Waals surface area contributed by atoms with E-state index in [9.17, 15) is 9.00 Å². The molecule has 0 aliphatic rings. The maximum atomic E-state index is 11.1. The molecule has 118 valence electrons. The van der Waals surface area contributed by atoms with Crippen LogP contribution in [0.2, 0.25) is 0 Å². The van der Waals surface area contributed by atoms with E-state index in [1.165, 1.54) is 35.1 Å². The minimum absolute atomic E-state index is 0. The van der Waals surface area contributed by atoms with Gasteiger partial charge in [-0.15, -0.1) is 11.6 Å². The largest absolute Gasteiger partial charge is 2.00 e. The molecule has 0 saturated heterocycles. The third kappa shape index (κ3) is 7.07. The number of thiophene rings is 1. The van der Waals surface area contributed by atoms with E-state index >= 15 is 0 Å². The Bertz CT molecular complexity index is 579. The van der Waals surface area contributed by atoms with Crippen molar-refractivity contribution in [2.24, 2.45) is 0 Å². The van der Waals surface area contributed by atoms with Crippen LogP contribution in [0.15, 0.2) is 27.8 Å². The normalized spacial score (nSPS) is 10.9. The van der Waals surface area contributed by atoms with E-state index in [1.54, 1.807) is 17.7 Å². The standard InChI is InChI=1S/C9H11.C6H6NO3S2.W/c1-7-4-8(2)6-9(3)5-7;1-7-10-12(9)6-5(4-8)2-3-11-6;/h4-5H,1-3H3;2-3,7H,1H3;/q2*-1;+2. The number of nitrogens with one attached hydrogen (secondary N) is 1. The molecule has 1 aromatic heterocycles. The van der Waals surface area contributed by atoms with Crippen molar-refractivity contribution in [2.45, 2.75) is 25.0 Å². The molecule has 0 fully saturated rings. The summed E-state index contributed by atoms with van der Waals surface area (Å²) in [7, 11) is 1.50. The SMILES string of the molecule is CNOS(=O)c1sccc1[C-]=O.Cc1[c-]c(C)cc(C)c1.[W+2]. The minimum atomic E-state index is -1.62. The van der Waals surface area contributed by atoms with Crippen molar-refractivity contribution in [3.8, 4) is 0 Å². The summed E-state index contributed by atoms with van der Waals surface area (Å²) in [6, 6.07) is 9.02. The smallest absolute Gasteiger partial charge is 0.376 e. The van der Waals surface area contributed by atoms with Gasteiger partial charge in [0.05, 0.1) is 6.29 Å². The van der Waals surface area contributed by atoms with Gasteiger partial charge in [-0.1, -0.05) is 26.2 Å². The molecule has 1 aromatic carbocycles. The zero-order valence-corrected chi connectivity index (χ0v) is 17.3. The number of aryl methyl sites for hydroxylation is 3. The monoisotopic (exact) mass is 507 g/mol. The molecular formula is C15H17NO3S2W. The maximum absolute atomic E-state index is 11.1. The van der Waals surface area contributed by atoms with Crippen LogP contribution in [-0.2, 0) is 41.2 Å². The zero-order valence-electron chi connectivity index (χ0n) is 12.8. The third-order valence-corrected chi connectivity index (χ3v) is 4.58. The van der Waals surface area contributed by atoms with E-state index in [0.717, 1.165) is 0 Å². The first-order valence-corrected chi connectivity index (χ1v) is 8.12. The first-order valence-electron chi connectivity index (χ1n) is 6.16. The van der Waals surface area contributed by atoms with Crippen molar-refractivity contribution in [3.05, 3.63) is 51.9 Å². The molecule has 0 radical (unpaired) electrons. The van der Waals surface area contributed by atoms with Crippen molar-refractivity contribution >= 4 is 28.7 Å². The van der Waals surface area contributed by atoms with Gasteiger partial charge in [0, 0.05) is 11.3 Å². The van der Waals surface area contributed by atoms with Crippen molar-refractivity contribution in [1.82, 2.24) is 5.48 Å². The number of hydrogen-bond donors (Lipinski definition) is 1. The van der Waals surface area contributed by atoms with E-state index in [4.69, 9.17) is 0 Å². The molecular weight excluding hydrogens is 490 g/mol. The van der Waals surface area contributed by atoms with Crippen LogP contribution in [0.5, 0.6) is 0 Å². The summed E-state index contributed by atoms with van der Waals surface area (Å²) in [6.45, 7) is 6.24. The Labute approximate surface area is 152 Å². The van der Waals surface area contributed by atoms with Gasteiger partial charge in [-0.2, -0.15) is 40.4 Å². The number of carbonyl (C=O) groups excluding carboxylic acids is 1. The summed E-state index contributed by atoms with van der Waals surface area (Å²) < 4.78 is 16.1. The molecule has 22 heavy (non-hydrogen) atoms. The van der Waals surface area contributed by atoms with Gasteiger partial charge in [-0.25, -0.2) is 19.8 Å². The van der Waals surface area contributed by atoms with Gasteiger partial charge in [0.2, 0.25) is 0 Å². The molecule has 0 aliphatic carbocycles. The summed E-state index contributed by atoms with van der Waals surface area (Å²) in [6.07, 6.45) is 1.67. The minimum Gasteiger partial charge on any atom is -0.376 e. The Hall–Kier alpha value is -0.652. The van der Waals surface area contributed by atoms with Crippen LogP contribution in [0.4, 0.5) is 0 Å². The fraction of sp³-hybridized carbons (Fsp3) is 0.267. The number of hydrogen-bond acceptors (Lipinski definition) is 5.